The van der Waals surface area contributed by atoms with Gasteiger partial charge in [-0.15, -0.1) is 0 Å². The summed E-state index contributed by atoms with van der Waals surface area (Å²) in [5.41, 5.74) is 4.13. The molecule has 0 unspecified atom stereocenters. The number of ketones is 2. The van der Waals surface area contributed by atoms with Crippen molar-refractivity contribution in [3.05, 3.63) is 69.5 Å². The van der Waals surface area contributed by atoms with Crippen LogP contribution in [0.25, 0.3) is 0 Å². The zero-order valence-corrected chi connectivity index (χ0v) is 27.3. The maximum absolute atomic E-state index is 13.9. The van der Waals surface area contributed by atoms with Crippen molar-refractivity contribution in [1.82, 2.24) is 4.90 Å². The van der Waals surface area contributed by atoms with Gasteiger partial charge in [0.1, 0.15) is 5.75 Å². The van der Waals surface area contributed by atoms with Crippen LogP contribution < -0.4 is 19.5 Å². The van der Waals surface area contributed by atoms with E-state index in [0.29, 0.717) is 53.3 Å². The van der Waals surface area contributed by atoms with Gasteiger partial charge in [0.25, 0.3) is 5.91 Å². The minimum Gasteiger partial charge on any atom is -0.495 e. The lowest BCUT2D eigenvalue weighted by Crippen LogP contribution is -2.44. The average Bonchev–Trinajstić information content (AvgIpc) is 2.94. The Morgan fingerprint density at radius 3 is 2.02 bits per heavy atom. The molecular formula is C35H41ClN2O6. The largest absolute Gasteiger partial charge is 0.495 e. The van der Waals surface area contributed by atoms with Gasteiger partial charge < -0.3 is 24.4 Å². The number of ether oxygens (including phenoxy) is 3. The minimum absolute atomic E-state index is 0.0484. The summed E-state index contributed by atoms with van der Waals surface area (Å²) in [6.07, 6.45) is 2.26. The Hall–Kier alpha value is -3.78. The summed E-state index contributed by atoms with van der Waals surface area (Å²) in [5, 5.41) is 3.00. The van der Waals surface area contributed by atoms with Crippen LogP contribution in [0.1, 0.15) is 71.8 Å². The second-order valence-corrected chi connectivity index (χ2v) is 13.8. The van der Waals surface area contributed by atoms with Crippen LogP contribution in [0.3, 0.4) is 0 Å². The first-order valence-corrected chi connectivity index (χ1v) is 15.4. The highest BCUT2D eigenvalue weighted by Crippen LogP contribution is 2.55. The van der Waals surface area contributed by atoms with Gasteiger partial charge in [-0.3, -0.25) is 14.4 Å². The van der Waals surface area contributed by atoms with E-state index >= 15 is 0 Å². The Morgan fingerprint density at radius 1 is 0.909 bits per heavy atom. The molecule has 1 aliphatic heterocycles. The maximum Gasteiger partial charge on any atom is 0.262 e. The highest BCUT2D eigenvalue weighted by molar-refractivity contribution is 6.32. The highest BCUT2D eigenvalue weighted by atomic mass is 35.5. The molecule has 1 N–H and O–H groups in total. The number of halogens is 1. The molecule has 0 atom stereocenters. The molecule has 0 fully saturated rings. The number of para-hydroxylation sites is 2. The standard InChI is InChI=1S/C35H41ClN2O6/c1-8-38-23-15-34(2,3)17-25(39)31(23)30(32-24(38)16-35(4,5)18-26(32)40)20-13-21(36)33(28(14-20)43-7)44-19-29(41)37-22-11-9-10-12-27(22)42-6/h9-14,30H,8,15-19H2,1-7H3,(H,37,41). The van der Waals surface area contributed by atoms with E-state index in [0.717, 1.165) is 24.2 Å². The van der Waals surface area contributed by atoms with Crippen LogP contribution in [0.2, 0.25) is 5.02 Å². The Balaban J connectivity index is 1.54. The molecule has 44 heavy (non-hydrogen) atoms. The van der Waals surface area contributed by atoms with Crippen molar-refractivity contribution in [2.24, 2.45) is 10.8 Å². The molecule has 234 valence electrons. The Kier molecular flexibility index (Phi) is 8.60. The third-order valence-corrected chi connectivity index (χ3v) is 8.93. The van der Waals surface area contributed by atoms with E-state index in [1.165, 1.54) is 14.2 Å². The van der Waals surface area contributed by atoms with E-state index in [1.54, 1.807) is 30.3 Å². The van der Waals surface area contributed by atoms with Crippen molar-refractivity contribution < 1.29 is 28.6 Å². The summed E-state index contributed by atoms with van der Waals surface area (Å²) in [6, 6.07) is 10.6. The third kappa shape index (κ3) is 5.96. The van der Waals surface area contributed by atoms with Gasteiger partial charge in [-0.25, -0.2) is 0 Å². The number of nitrogens with one attached hydrogen (secondary N) is 1. The molecule has 2 aromatic carbocycles. The zero-order chi connectivity index (χ0) is 32.0. The van der Waals surface area contributed by atoms with Gasteiger partial charge in [-0.1, -0.05) is 51.4 Å². The molecule has 0 bridgehead atoms. The molecule has 2 aliphatic carbocycles. The van der Waals surface area contributed by atoms with E-state index in [-0.39, 0.29) is 39.8 Å². The fraction of sp³-hybridized carbons (Fsp3) is 0.457. The fourth-order valence-electron chi connectivity index (χ4n) is 6.88. The molecule has 0 saturated heterocycles. The Labute approximate surface area is 264 Å². The zero-order valence-electron chi connectivity index (χ0n) is 26.6. The van der Waals surface area contributed by atoms with Crippen molar-refractivity contribution in [3.63, 3.8) is 0 Å². The van der Waals surface area contributed by atoms with E-state index in [9.17, 15) is 14.4 Å². The van der Waals surface area contributed by atoms with Crippen LogP contribution in [0.5, 0.6) is 17.2 Å². The molecule has 0 radical (unpaired) electrons. The molecule has 1 amide bonds. The number of rotatable bonds is 8. The van der Waals surface area contributed by atoms with Crippen LogP contribution in [0, 0.1) is 10.8 Å². The van der Waals surface area contributed by atoms with Crippen molar-refractivity contribution in [1.29, 1.82) is 0 Å². The predicted molar refractivity (Wildman–Crippen MR) is 170 cm³/mol. The van der Waals surface area contributed by atoms with Crippen LogP contribution in [-0.4, -0.2) is 49.7 Å². The van der Waals surface area contributed by atoms with Crippen LogP contribution in [0.15, 0.2) is 58.9 Å². The van der Waals surface area contributed by atoms with Gasteiger partial charge in [0, 0.05) is 47.8 Å². The smallest absolute Gasteiger partial charge is 0.262 e. The second kappa shape index (κ2) is 12.0. The first kappa shape index (κ1) is 31.6. The summed E-state index contributed by atoms with van der Waals surface area (Å²) in [5.74, 6) is 0.170. The molecule has 3 aliphatic rings. The molecule has 1 heterocycles. The molecule has 0 saturated carbocycles. The highest BCUT2D eigenvalue weighted by Gasteiger charge is 2.48. The number of hydrogen-bond acceptors (Lipinski definition) is 7. The third-order valence-electron chi connectivity index (χ3n) is 8.65. The Bertz CT molecular complexity index is 1530. The quantitative estimate of drug-likeness (QED) is 0.337. The number of anilines is 1. The normalized spacial score (nSPS) is 19.4. The number of amides is 1. The minimum atomic E-state index is -0.565. The summed E-state index contributed by atoms with van der Waals surface area (Å²) in [6.45, 7) is 10.9. The van der Waals surface area contributed by atoms with Crippen LogP contribution in [-0.2, 0) is 14.4 Å². The van der Waals surface area contributed by atoms with E-state index in [1.807, 2.05) is 6.07 Å². The molecule has 0 aromatic heterocycles. The fourth-order valence-corrected chi connectivity index (χ4v) is 7.15. The maximum atomic E-state index is 13.9. The summed E-state index contributed by atoms with van der Waals surface area (Å²) in [4.78, 5) is 42.8. The first-order valence-electron chi connectivity index (χ1n) is 15.0. The summed E-state index contributed by atoms with van der Waals surface area (Å²) in [7, 11) is 3.02. The van der Waals surface area contributed by atoms with E-state index in [2.05, 4.69) is 44.8 Å². The number of hydrogen-bond donors (Lipinski definition) is 1. The lowest BCUT2D eigenvalue weighted by Gasteiger charge is -2.49. The van der Waals surface area contributed by atoms with E-state index < -0.39 is 11.8 Å². The second-order valence-electron chi connectivity index (χ2n) is 13.4. The SMILES string of the molecule is CCN1C2=C(C(=O)CC(C)(C)C2)C(c2cc(Cl)c(OCC(=O)Nc3ccccc3OC)c(OC)c2)C2=C1CC(C)(C)CC2=O. The van der Waals surface area contributed by atoms with Gasteiger partial charge >= 0.3 is 0 Å². The summed E-state index contributed by atoms with van der Waals surface area (Å²) < 4.78 is 16.9. The summed E-state index contributed by atoms with van der Waals surface area (Å²) >= 11 is 6.82. The van der Waals surface area contributed by atoms with Gasteiger partial charge in [0.05, 0.1) is 24.9 Å². The number of benzene rings is 2. The van der Waals surface area contributed by atoms with Crippen molar-refractivity contribution >= 4 is 34.8 Å². The first-order chi connectivity index (χ1) is 20.8. The predicted octanol–water partition coefficient (Wildman–Crippen LogP) is 7.08. The van der Waals surface area contributed by atoms with Crippen molar-refractivity contribution in [3.8, 4) is 17.2 Å². The number of Topliss-reactive ketones (excluding diaryl/α,β-unsaturated/α-hetero) is 2. The molecular weight excluding hydrogens is 580 g/mol. The van der Waals surface area contributed by atoms with Gasteiger partial charge in [-0.05, 0) is 60.4 Å². The number of nitrogens with zero attached hydrogens (tertiary/aromatic N) is 1. The van der Waals surface area contributed by atoms with Gasteiger partial charge in [0.15, 0.2) is 29.7 Å². The van der Waals surface area contributed by atoms with E-state index in [4.69, 9.17) is 25.8 Å². The average molecular weight is 621 g/mol. The Morgan fingerprint density at radius 2 is 1.48 bits per heavy atom. The molecule has 2 aromatic rings. The van der Waals surface area contributed by atoms with Gasteiger partial charge in [-0.2, -0.15) is 0 Å². The van der Waals surface area contributed by atoms with Crippen LogP contribution >= 0.6 is 11.6 Å². The number of allylic oxidation sites excluding steroid dienone is 4. The molecule has 5 rings (SSSR count). The lowest BCUT2D eigenvalue weighted by molar-refractivity contribution is -0.120. The van der Waals surface area contributed by atoms with Crippen LogP contribution in [0.4, 0.5) is 5.69 Å². The topological polar surface area (TPSA) is 94.2 Å². The van der Waals surface area contributed by atoms with Crippen molar-refractivity contribution in [2.75, 3.05) is 32.7 Å². The van der Waals surface area contributed by atoms with Crippen molar-refractivity contribution in [2.45, 2.75) is 66.2 Å². The monoisotopic (exact) mass is 620 g/mol. The molecule has 0 spiro atoms. The molecule has 9 heteroatoms. The lowest BCUT2D eigenvalue weighted by atomic mass is 9.63. The number of carbonyl (C=O) groups excluding carboxylic acids is 3. The van der Waals surface area contributed by atoms with Gasteiger partial charge in [0.2, 0.25) is 0 Å². The number of methoxy groups -OCH3 is 2. The number of carbonyl (C=O) groups is 3. The molecule has 8 nitrogen and oxygen atoms in total.